The Labute approximate surface area is 145 Å². The second kappa shape index (κ2) is 6.33. The van der Waals surface area contributed by atoms with E-state index < -0.39 is 0 Å². The summed E-state index contributed by atoms with van der Waals surface area (Å²) in [5.41, 5.74) is 2.14. The minimum atomic E-state index is -0.295. The van der Waals surface area contributed by atoms with E-state index in [0.29, 0.717) is 12.4 Å². The predicted molar refractivity (Wildman–Crippen MR) is 93.0 cm³/mol. The first-order chi connectivity index (χ1) is 12.1. The summed E-state index contributed by atoms with van der Waals surface area (Å²) < 4.78 is 7.76. The quantitative estimate of drug-likeness (QED) is 0.762. The monoisotopic (exact) mass is 339 g/mol. The molecule has 1 amide bonds. The van der Waals surface area contributed by atoms with Gasteiger partial charge in [0.25, 0.3) is 0 Å². The summed E-state index contributed by atoms with van der Waals surface area (Å²) in [5, 5.41) is 11.2. The molecule has 7 nitrogen and oxygen atoms in total. The average Bonchev–Trinajstić information content (AvgIpc) is 3.28. The number of carbonyl (C=O) groups excluding carboxylic acids is 1. The van der Waals surface area contributed by atoms with E-state index in [2.05, 4.69) is 32.6 Å². The van der Waals surface area contributed by atoms with E-state index in [1.807, 2.05) is 36.6 Å². The SMILES string of the molecule is Cc1nc([C@@H]2OCC[C@@H]2NC(=O)Cn2c(C)cc3ccccc32)n[nH]1. The molecule has 0 saturated carbocycles. The van der Waals surface area contributed by atoms with Crippen LogP contribution < -0.4 is 5.32 Å². The first-order valence-electron chi connectivity index (χ1n) is 8.46. The minimum absolute atomic E-state index is 0.0304. The van der Waals surface area contributed by atoms with E-state index in [0.717, 1.165) is 28.8 Å². The van der Waals surface area contributed by atoms with Gasteiger partial charge in [-0.05, 0) is 37.8 Å². The number of nitrogens with one attached hydrogen (secondary N) is 2. The van der Waals surface area contributed by atoms with Crippen LogP contribution in [0.2, 0.25) is 0 Å². The number of aryl methyl sites for hydroxylation is 2. The molecule has 2 N–H and O–H groups in total. The molecule has 1 saturated heterocycles. The Bertz CT molecular complexity index is 913. The van der Waals surface area contributed by atoms with Gasteiger partial charge in [0, 0.05) is 17.8 Å². The highest BCUT2D eigenvalue weighted by molar-refractivity contribution is 5.84. The fourth-order valence-corrected chi connectivity index (χ4v) is 3.43. The van der Waals surface area contributed by atoms with Gasteiger partial charge in [0.05, 0.1) is 6.04 Å². The number of aromatic amines is 1. The molecule has 0 bridgehead atoms. The highest BCUT2D eigenvalue weighted by Crippen LogP contribution is 2.27. The number of carbonyl (C=O) groups is 1. The average molecular weight is 339 g/mol. The predicted octanol–water partition coefficient (Wildman–Crippen LogP) is 2.02. The van der Waals surface area contributed by atoms with Gasteiger partial charge in [0.2, 0.25) is 5.91 Å². The number of amides is 1. The molecular weight excluding hydrogens is 318 g/mol. The number of aromatic nitrogens is 4. The number of para-hydroxylation sites is 1. The van der Waals surface area contributed by atoms with Crippen LogP contribution in [0, 0.1) is 13.8 Å². The third kappa shape index (κ3) is 3.02. The van der Waals surface area contributed by atoms with Crippen LogP contribution in [0.5, 0.6) is 0 Å². The lowest BCUT2D eigenvalue weighted by atomic mass is 10.1. The van der Waals surface area contributed by atoms with Gasteiger partial charge in [-0.1, -0.05) is 18.2 Å². The van der Waals surface area contributed by atoms with Crippen LogP contribution in [0.25, 0.3) is 10.9 Å². The molecule has 1 aliphatic rings. The summed E-state index contributed by atoms with van der Waals surface area (Å²) in [4.78, 5) is 16.9. The van der Waals surface area contributed by atoms with Gasteiger partial charge in [-0.3, -0.25) is 9.89 Å². The molecule has 2 aromatic heterocycles. The van der Waals surface area contributed by atoms with Gasteiger partial charge >= 0.3 is 0 Å². The van der Waals surface area contributed by atoms with Gasteiger partial charge in [-0.2, -0.15) is 5.10 Å². The normalized spacial score (nSPS) is 20.2. The maximum absolute atomic E-state index is 12.6. The number of H-pyrrole nitrogens is 1. The molecule has 2 atom stereocenters. The largest absolute Gasteiger partial charge is 0.368 e. The maximum atomic E-state index is 12.6. The second-order valence-electron chi connectivity index (χ2n) is 6.46. The van der Waals surface area contributed by atoms with E-state index in [1.165, 1.54) is 0 Å². The first kappa shape index (κ1) is 15.8. The summed E-state index contributed by atoms with van der Waals surface area (Å²) in [6, 6.07) is 10.1. The van der Waals surface area contributed by atoms with Crippen LogP contribution in [0.4, 0.5) is 0 Å². The van der Waals surface area contributed by atoms with Crippen molar-refractivity contribution in [1.82, 2.24) is 25.1 Å². The zero-order chi connectivity index (χ0) is 17.4. The minimum Gasteiger partial charge on any atom is -0.368 e. The Morgan fingerprint density at radius 3 is 3.04 bits per heavy atom. The molecule has 0 spiro atoms. The molecule has 3 heterocycles. The Morgan fingerprint density at radius 2 is 2.24 bits per heavy atom. The number of ether oxygens (including phenoxy) is 1. The van der Waals surface area contributed by atoms with E-state index in [1.54, 1.807) is 0 Å². The molecule has 0 aliphatic carbocycles. The summed E-state index contributed by atoms with van der Waals surface area (Å²) in [7, 11) is 0. The first-order valence-corrected chi connectivity index (χ1v) is 8.46. The van der Waals surface area contributed by atoms with Crippen LogP contribution in [0.15, 0.2) is 30.3 Å². The van der Waals surface area contributed by atoms with E-state index in [-0.39, 0.29) is 24.6 Å². The number of hydrogen-bond acceptors (Lipinski definition) is 4. The van der Waals surface area contributed by atoms with Gasteiger partial charge in [0.1, 0.15) is 18.5 Å². The molecule has 25 heavy (non-hydrogen) atoms. The number of fused-ring (bicyclic) bond motifs is 1. The molecule has 130 valence electrons. The molecule has 0 radical (unpaired) electrons. The number of hydrogen-bond donors (Lipinski definition) is 2. The number of benzene rings is 1. The Balaban J connectivity index is 1.49. The molecule has 1 fully saturated rings. The summed E-state index contributed by atoms with van der Waals surface area (Å²) in [6.45, 7) is 4.74. The van der Waals surface area contributed by atoms with Crippen molar-refractivity contribution in [2.75, 3.05) is 6.61 Å². The molecule has 7 heteroatoms. The van der Waals surface area contributed by atoms with Crippen LogP contribution in [0.1, 0.15) is 29.9 Å². The van der Waals surface area contributed by atoms with E-state index >= 15 is 0 Å². The molecule has 1 aliphatic heterocycles. The van der Waals surface area contributed by atoms with Gasteiger partial charge < -0.3 is 14.6 Å². The van der Waals surface area contributed by atoms with Crippen LogP contribution >= 0.6 is 0 Å². The van der Waals surface area contributed by atoms with Gasteiger partial charge in [-0.15, -0.1) is 0 Å². The summed E-state index contributed by atoms with van der Waals surface area (Å²) in [5.74, 6) is 1.31. The van der Waals surface area contributed by atoms with Crippen molar-refractivity contribution in [3.05, 3.63) is 47.7 Å². The highest BCUT2D eigenvalue weighted by Gasteiger charge is 2.33. The van der Waals surface area contributed by atoms with Crippen molar-refractivity contribution in [2.24, 2.45) is 0 Å². The van der Waals surface area contributed by atoms with Crippen molar-refractivity contribution in [1.29, 1.82) is 0 Å². The van der Waals surface area contributed by atoms with E-state index in [4.69, 9.17) is 4.74 Å². The Morgan fingerprint density at radius 1 is 1.40 bits per heavy atom. The van der Waals surface area contributed by atoms with Crippen molar-refractivity contribution in [2.45, 2.75) is 39.0 Å². The number of rotatable bonds is 4. The molecule has 0 unspecified atom stereocenters. The topological polar surface area (TPSA) is 84.8 Å². The molecule has 4 rings (SSSR count). The van der Waals surface area contributed by atoms with Crippen LogP contribution in [-0.2, 0) is 16.1 Å². The summed E-state index contributed by atoms with van der Waals surface area (Å²) >= 11 is 0. The molecule has 1 aromatic carbocycles. The molecular formula is C18H21N5O2. The smallest absolute Gasteiger partial charge is 0.240 e. The Hall–Kier alpha value is -2.67. The van der Waals surface area contributed by atoms with Crippen molar-refractivity contribution >= 4 is 16.8 Å². The standard InChI is InChI=1S/C18H21N5O2/c1-11-9-13-5-3-4-6-15(13)23(11)10-16(24)20-14-7-8-25-17(14)18-19-12(2)21-22-18/h3-6,9,14,17H,7-8,10H2,1-2H3,(H,20,24)(H,19,21,22)/t14-,17+/m0/s1. The third-order valence-electron chi connectivity index (χ3n) is 4.63. The van der Waals surface area contributed by atoms with E-state index in [9.17, 15) is 4.79 Å². The van der Waals surface area contributed by atoms with Gasteiger partial charge in [0.15, 0.2) is 5.82 Å². The highest BCUT2D eigenvalue weighted by atomic mass is 16.5. The lowest BCUT2D eigenvalue weighted by molar-refractivity contribution is -0.122. The Kier molecular flexibility index (Phi) is 4.01. The fourth-order valence-electron chi connectivity index (χ4n) is 3.43. The fraction of sp³-hybridized carbons (Fsp3) is 0.389. The van der Waals surface area contributed by atoms with Crippen molar-refractivity contribution < 1.29 is 9.53 Å². The zero-order valence-corrected chi connectivity index (χ0v) is 14.3. The lowest BCUT2D eigenvalue weighted by Crippen LogP contribution is -2.39. The van der Waals surface area contributed by atoms with Crippen molar-refractivity contribution in [3.8, 4) is 0 Å². The molecule has 3 aromatic rings. The number of nitrogens with zero attached hydrogens (tertiary/aromatic N) is 3. The maximum Gasteiger partial charge on any atom is 0.240 e. The second-order valence-corrected chi connectivity index (χ2v) is 6.46. The summed E-state index contributed by atoms with van der Waals surface area (Å²) in [6.07, 6.45) is 0.464. The van der Waals surface area contributed by atoms with Crippen LogP contribution in [-0.4, -0.2) is 38.3 Å². The van der Waals surface area contributed by atoms with Gasteiger partial charge in [-0.25, -0.2) is 4.98 Å². The zero-order valence-electron chi connectivity index (χ0n) is 14.3. The van der Waals surface area contributed by atoms with Crippen molar-refractivity contribution in [3.63, 3.8) is 0 Å². The lowest BCUT2D eigenvalue weighted by Gasteiger charge is -2.18. The third-order valence-corrected chi connectivity index (χ3v) is 4.63. The van der Waals surface area contributed by atoms with Crippen LogP contribution in [0.3, 0.4) is 0 Å².